The van der Waals surface area contributed by atoms with Crippen LogP contribution in [-0.2, 0) is 15.6 Å². The number of hydrogen-bond acceptors (Lipinski definition) is 4. The number of nitrogens with zero attached hydrogens (tertiary/aromatic N) is 1. The second kappa shape index (κ2) is 5.18. The van der Waals surface area contributed by atoms with Crippen molar-refractivity contribution < 1.29 is 8.42 Å². The Balaban J connectivity index is 2.08. The van der Waals surface area contributed by atoms with Crippen LogP contribution in [0.2, 0.25) is 0 Å². The molecule has 5 heteroatoms. The molecule has 0 bridgehead atoms. The van der Waals surface area contributed by atoms with Crippen LogP contribution in [0.3, 0.4) is 0 Å². The molecule has 0 saturated heterocycles. The van der Waals surface area contributed by atoms with E-state index in [0.29, 0.717) is 0 Å². The van der Waals surface area contributed by atoms with Crippen molar-refractivity contribution in [2.75, 3.05) is 5.73 Å². The summed E-state index contributed by atoms with van der Waals surface area (Å²) in [6, 6.07) is 14.8. The first-order chi connectivity index (χ1) is 10.1. The smallest absolute Gasteiger partial charge is 0.184 e. The van der Waals surface area contributed by atoms with E-state index in [0.717, 1.165) is 16.3 Å². The number of anilines is 1. The Morgan fingerprint density at radius 2 is 1.76 bits per heavy atom. The molecular formula is C16H14N2O2S. The van der Waals surface area contributed by atoms with Crippen molar-refractivity contribution in [3.05, 3.63) is 66.5 Å². The van der Waals surface area contributed by atoms with E-state index in [9.17, 15) is 8.42 Å². The summed E-state index contributed by atoms with van der Waals surface area (Å²) in [5.74, 6) is -0.0808. The number of nitrogen functional groups attached to an aromatic ring is 1. The van der Waals surface area contributed by atoms with Gasteiger partial charge in [0.25, 0.3) is 0 Å². The highest BCUT2D eigenvalue weighted by molar-refractivity contribution is 7.90. The molecule has 0 amide bonds. The van der Waals surface area contributed by atoms with E-state index >= 15 is 0 Å². The van der Waals surface area contributed by atoms with Gasteiger partial charge in [-0.3, -0.25) is 4.98 Å². The van der Waals surface area contributed by atoms with Crippen LogP contribution in [0.4, 0.5) is 5.69 Å². The zero-order valence-electron chi connectivity index (χ0n) is 11.2. The average Bonchev–Trinajstić information content (AvgIpc) is 2.47. The number of fused-ring (bicyclic) bond motifs is 1. The van der Waals surface area contributed by atoms with Gasteiger partial charge >= 0.3 is 0 Å². The van der Waals surface area contributed by atoms with Crippen molar-refractivity contribution in [2.24, 2.45) is 0 Å². The van der Waals surface area contributed by atoms with E-state index in [1.165, 1.54) is 18.5 Å². The molecule has 21 heavy (non-hydrogen) atoms. The molecule has 4 nitrogen and oxygen atoms in total. The summed E-state index contributed by atoms with van der Waals surface area (Å²) in [5, 5.41) is 1.96. The molecule has 0 atom stereocenters. The summed E-state index contributed by atoms with van der Waals surface area (Å²) < 4.78 is 25.1. The second-order valence-corrected chi connectivity index (χ2v) is 6.77. The van der Waals surface area contributed by atoms with Gasteiger partial charge in [-0.05, 0) is 22.4 Å². The molecule has 3 rings (SSSR count). The largest absolute Gasteiger partial charge is 0.396 e. The van der Waals surface area contributed by atoms with Crippen LogP contribution < -0.4 is 5.73 Å². The van der Waals surface area contributed by atoms with Crippen molar-refractivity contribution in [2.45, 2.75) is 10.6 Å². The molecule has 0 aliphatic carbocycles. The third-order valence-electron chi connectivity index (χ3n) is 3.37. The van der Waals surface area contributed by atoms with E-state index < -0.39 is 9.84 Å². The Labute approximate surface area is 123 Å². The Kier molecular flexibility index (Phi) is 3.35. The summed E-state index contributed by atoms with van der Waals surface area (Å²) in [5.41, 5.74) is 6.68. The first kappa shape index (κ1) is 13.6. The third kappa shape index (κ3) is 2.60. The molecule has 0 spiro atoms. The predicted octanol–water partition coefficient (Wildman–Crippen LogP) is 2.79. The standard InChI is InChI=1S/C16H14N2O2S/c17-15-10-18-9-8-16(15)21(19,20)11-13-6-3-5-12-4-1-2-7-14(12)13/h1-10H,11,17H2. The van der Waals surface area contributed by atoms with Crippen LogP contribution in [0.25, 0.3) is 10.8 Å². The van der Waals surface area contributed by atoms with Crippen molar-refractivity contribution in [1.29, 1.82) is 0 Å². The molecule has 1 aromatic heterocycles. The van der Waals surface area contributed by atoms with E-state index in [2.05, 4.69) is 4.98 Å². The van der Waals surface area contributed by atoms with E-state index in [1.807, 2.05) is 42.5 Å². The Hall–Kier alpha value is -2.40. The van der Waals surface area contributed by atoms with Crippen LogP contribution >= 0.6 is 0 Å². The highest BCUT2D eigenvalue weighted by atomic mass is 32.2. The Bertz CT molecular complexity index is 900. The fourth-order valence-corrected chi connectivity index (χ4v) is 3.87. The van der Waals surface area contributed by atoms with Gasteiger partial charge in [0, 0.05) is 6.20 Å². The van der Waals surface area contributed by atoms with Crippen LogP contribution in [0.1, 0.15) is 5.56 Å². The number of aromatic nitrogens is 1. The number of benzene rings is 2. The van der Waals surface area contributed by atoms with Gasteiger partial charge in [-0.1, -0.05) is 42.5 Å². The molecule has 0 aliphatic heterocycles. The van der Waals surface area contributed by atoms with Gasteiger partial charge in [-0.15, -0.1) is 0 Å². The van der Waals surface area contributed by atoms with Gasteiger partial charge < -0.3 is 5.73 Å². The zero-order valence-corrected chi connectivity index (χ0v) is 12.0. The van der Waals surface area contributed by atoms with Gasteiger partial charge in [0.15, 0.2) is 9.84 Å². The fourth-order valence-electron chi connectivity index (χ4n) is 2.38. The highest BCUT2D eigenvalue weighted by Gasteiger charge is 2.19. The zero-order chi connectivity index (χ0) is 14.9. The maximum absolute atomic E-state index is 12.6. The molecule has 2 aromatic carbocycles. The number of sulfone groups is 1. The number of nitrogens with two attached hydrogens (primary N) is 1. The normalized spacial score (nSPS) is 11.6. The first-order valence-electron chi connectivity index (χ1n) is 6.47. The molecule has 0 aliphatic rings. The monoisotopic (exact) mass is 298 g/mol. The molecule has 1 heterocycles. The predicted molar refractivity (Wildman–Crippen MR) is 83.5 cm³/mol. The molecule has 0 unspecified atom stereocenters. The highest BCUT2D eigenvalue weighted by Crippen LogP contribution is 2.25. The molecule has 2 N–H and O–H groups in total. The fraction of sp³-hybridized carbons (Fsp3) is 0.0625. The average molecular weight is 298 g/mol. The van der Waals surface area contributed by atoms with Gasteiger partial charge in [-0.25, -0.2) is 8.42 Å². The molecule has 0 saturated carbocycles. The van der Waals surface area contributed by atoms with Gasteiger partial charge in [0.2, 0.25) is 0 Å². The van der Waals surface area contributed by atoms with E-state index in [4.69, 9.17) is 5.73 Å². The summed E-state index contributed by atoms with van der Waals surface area (Å²) in [6.07, 6.45) is 2.79. The third-order valence-corrected chi connectivity index (χ3v) is 5.10. The molecule has 106 valence electrons. The number of pyridine rings is 1. The molecule has 0 fully saturated rings. The summed E-state index contributed by atoms with van der Waals surface area (Å²) >= 11 is 0. The Morgan fingerprint density at radius 1 is 1.00 bits per heavy atom. The quantitative estimate of drug-likeness (QED) is 0.807. The van der Waals surface area contributed by atoms with Crippen LogP contribution in [-0.4, -0.2) is 13.4 Å². The number of hydrogen-bond donors (Lipinski definition) is 1. The maximum Gasteiger partial charge on any atom is 0.184 e. The summed E-state index contributed by atoms with van der Waals surface area (Å²) in [4.78, 5) is 3.96. The van der Waals surface area contributed by atoms with Crippen molar-refractivity contribution >= 4 is 26.3 Å². The maximum atomic E-state index is 12.6. The minimum atomic E-state index is -3.50. The van der Waals surface area contributed by atoms with Crippen molar-refractivity contribution in [1.82, 2.24) is 4.98 Å². The first-order valence-corrected chi connectivity index (χ1v) is 8.12. The minimum absolute atomic E-state index is 0.0808. The lowest BCUT2D eigenvalue weighted by atomic mass is 10.1. The van der Waals surface area contributed by atoms with Crippen LogP contribution in [0.15, 0.2) is 65.8 Å². The van der Waals surface area contributed by atoms with Gasteiger partial charge in [0.1, 0.15) is 0 Å². The van der Waals surface area contributed by atoms with Crippen LogP contribution in [0.5, 0.6) is 0 Å². The molecule has 0 radical (unpaired) electrons. The van der Waals surface area contributed by atoms with Gasteiger partial charge in [0.05, 0.1) is 22.5 Å². The lowest BCUT2D eigenvalue weighted by molar-refractivity contribution is 0.595. The Morgan fingerprint density at radius 3 is 2.57 bits per heavy atom. The topological polar surface area (TPSA) is 73.0 Å². The second-order valence-electron chi connectivity index (χ2n) is 4.81. The van der Waals surface area contributed by atoms with Gasteiger partial charge in [-0.2, -0.15) is 0 Å². The van der Waals surface area contributed by atoms with Crippen molar-refractivity contribution in [3.8, 4) is 0 Å². The molecular weight excluding hydrogens is 284 g/mol. The minimum Gasteiger partial charge on any atom is -0.396 e. The summed E-state index contributed by atoms with van der Waals surface area (Å²) in [6.45, 7) is 0. The SMILES string of the molecule is Nc1cnccc1S(=O)(=O)Cc1cccc2ccccc12. The molecule has 3 aromatic rings. The number of rotatable bonds is 3. The van der Waals surface area contributed by atoms with Crippen molar-refractivity contribution in [3.63, 3.8) is 0 Å². The van der Waals surface area contributed by atoms with E-state index in [1.54, 1.807) is 0 Å². The summed E-state index contributed by atoms with van der Waals surface area (Å²) in [7, 11) is -3.50. The lowest BCUT2D eigenvalue weighted by Crippen LogP contribution is -2.08. The van der Waals surface area contributed by atoms with Crippen LogP contribution in [0, 0.1) is 0 Å². The van der Waals surface area contributed by atoms with E-state index in [-0.39, 0.29) is 16.3 Å². The lowest BCUT2D eigenvalue weighted by Gasteiger charge is -2.09.